The van der Waals surface area contributed by atoms with E-state index in [0.29, 0.717) is 18.8 Å². The zero-order valence-electron chi connectivity index (χ0n) is 17.2. The zero-order valence-corrected chi connectivity index (χ0v) is 18.0. The van der Waals surface area contributed by atoms with E-state index in [-0.39, 0.29) is 22.2 Å². The zero-order chi connectivity index (χ0) is 22.8. The van der Waals surface area contributed by atoms with Crippen molar-refractivity contribution in [3.8, 4) is 0 Å². The fourth-order valence-electron chi connectivity index (χ4n) is 3.40. The maximum absolute atomic E-state index is 13.2. The average molecular weight is 456 g/mol. The molecule has 0 saturated carbocycles. The standard InChI is InChI=1S/C21H24F3N3O3S/c1-14(2)26-31(29,30)17-8-5-15(6-9-17)20(28)25-18-13-16(21(22,23)24)7-10-19(18)27-11-3-4-12-27/h5-10,13-14,26H,3-4,11-12H2,1-2H3,(H,25,28). The molecule has 1 fully saturated rings. The van der Waals surface area contributed by atoms with E-state index in [1.807, 2.05) is 4.90 Å². The molecule has 6 nitrogen and oxygen atoms in total. The van der Waals surface area contributed by atoms with Gasteiger partial charge >= 0.3 is 6.18 Å². The smallest absolute Gasteiger partial charge is 0.370 e. The fourth-order valence-corrected chi connectivity index (χ4v) is 4.66. The molecule has 0 bridgehead atoms. The van der Waals surface area contributed by atoms with E-state index in [4.69, 9.17) is 0 Å². The van der Waals surface area contributed by atoms with E-state index in [9.17, 15) is 26.4 Å². The van der Waals surface area contributed by atoms with E-state index >= 15 is 0 Å². The minimum Gasteiger partial charge on any atom is -0.370 e. The first kappa shape index (κ1) is 23.1. The summed E-state index contributed by atoms with van der Waals surface area (Å²) in [5, 5.41) is 2.56. The Hall–Kier alpha value is -2.59. The van der Waals surface area contributed by atoms with Gasteiger partial charge in [0.2, 0.25) is 10.0 Å². The Balaban J connectivity index is 1.86. The Labute approximate surface area is 179 Å². The van der Waals surface area contributed by atoms with Crippen molar-refractivity contribution in [3.63, 3.8) is 0 Å². The maximum atomic E-state index is 13.2. The van der Waals surface area contributed by atoms with Gasteiger partial charge in [-0.15, -0.1) is 0 Å². The van der Waals surface area contributed by atoms with E-state index in [1.165, 1.54) is 30.3 Å². The molecular formula is C21H24F3N3O3S. The number of benzene rings is 2. The molecule has 0 unspecified atom stereocenters. The van der Waals surface area contributed by atoms with Crippen molar-refractivity contribution in [3.05, 3.63) is 53.6 Å². The van der Waals surface area contributed by atoms with Gasteiger partial charge in [-0.2, -0.15) is 13.2 Å². The van der Waals surface area contributed by atoms with E-state index in [0.717, 1.165) is 25.0 Å². The first-order valence-electron chi connectivity index (χ1n) is 9.87. The van der Waals surface area contributed by atoms with Gasteiger partial charge in [-0.3, -0.25) is 4.79 Å². The molecule has 2 N–H and O–H groups in total. The lowest BCUT2D eigenvalue weighted by atomic mass is 10.1. The van der Waals surface area contributed by atoms with Gasteiger partial charge < -0.3 is 10.2 Å². The number of anilines is 2. The monoisotopic (exact) mass is 455 g/mol. The normalized spacial score (nSPS) is 14.8. The first-order chi connectivity index (χ1) is 14.5. The molecule has 2 aromatic carbocycles. The second kappa shape index (κ2) is 8.88. The summed E-state index contributed by atoms with van der Waals surface area (Å²) in [4.78, 5) is 14.6. The number of carbonyl (C=O) groups excluding carboxylic acids is 1. The molecule has 0 aromatic heterocycles. The summed E-state index contributed by atoms with van der Waals surface area (Å²) in [6.07, 6.45) is -2.69. The molecule has 1 aliphatic heterocycles. The Morgan fingerprint density at radius 2 is 1.65 bits per heavy atom. The van der Waals surface area contributed by atoms with Crippen LogP contribution >= 0.6 is 0 Å². The minimum absolute atomic E-state index is 0.00502. The lowest BCUT2D eigenvalue weighted by molar-refractivity contribution is -0.137. The van der Waals surface area contributed by atoms with Gasteiger partial charge in [0.25, 0.3) is 5.91 Å². The summed E-state index contributed by atoms with van der Waals surface area (Å²) >= 11 is 0. The topological polar surface area (TPSA) is 78.5 Å². The highest BCUT2D eigenvalue weighted by atomic mass is 32.2. The summed E-state index contributed by atoms with van der Waals surface area (Å²) < 4.78 is 66.5. The number of halogens is 3. The van der Waals surface area contributed by atoms with E-state index in [2.05, 4.69) is 10.0 Å². The molecule has 1 amide bonds. The second-order valence-corrected chi connectivity index (χ2v) is 9.39. The Bertz CT molecular complexity index is 1050. The van der Waals surface area contributed by atoms with Gasteiger partial charge in [-0.05, 0) is 69.2 Å². The maximum Gasteiger partial charge on any atom is 0.416 e. The molecule has 0 atom stereocenters. The van der Waals surface area contributed by atoms with E-state index < -0.39 is 27.7 Å². The molecule has 168 valence electrons. The van der Waals surface area contributed by atoms with Crippen molar-refractivity contribution in [2.75, 3.05) is 23.3 Å². The highest BCUT2D eigenvalue weighted by Gasteiger charge is 2.32. The summed E-state index contributed by atoms with van der Waals surface area (Å²) in [5.41, 5.74) is -0.126. The van der Waals surface area contributed by atoms with Crippen molar-refractivity contribution in [1.82, 2.24) is 4.72 Å². The van der Waals surface area contributed by atoms with Crippen LogP contribution in [0, 0.1) is 0 Å². The molecule has 2 aromatic rings. The third-order valence-electron chi connectivity index (χ3n) is 4.84. The molecular weight excluding hydrogens is 431 g/mol. The van der Waals surface area contributed by atoms with Gasteiger partial charge in [0.05, 0.1) is 21.8 Å². The highest BCUT2D eigenvalue weighted by Crippen LogP contribution is 2.36. The van der Waals surface area contributed by atoms with Crippen LogP contribution in [0.25, 0.3) is 0 Å². The summed E-state index contributed by atoms with van der Waals surface area (Å²) in [5.74, 6) is -0.625. The van der Waals surface area contributed by atoms with Crippen LogP contribution in [0.3, 0.4) is 0 Å². The van der Waals surface area contributed by atoms with Crippen LogP contribution in [-0.4, -0.2) is 33.5 Å². The second-order valence-electron chi connectivity index (χ2n) is 7.68. The predicted molar refractivity (Wildman–Crippen MR) is 113 cm³/mol. The van der Waals surface area contributed by atoms with Crippen LogP contribution < -0.4 is 14.9 Å². The van der Waals surface area contributed by atoms with Crippen molar-refractivity contribution in [1.29, 1.82) is 0 Å². The molecule has 0 aliphatic carbocycles. The summed E-state index contributed by atoms with van der Waals surface area (Å²) in [6.45, 7) is 4.77. The number of sulfonamides is 1. The molecule has 1 heterocycles. The average Bonchev–Trinajstić information content (AvgIpc) is 3.21. The Morgan fingerprint density at radius 1 is 1.03 bits per heavy atom. The Morgan fingerprint density at radius 3 is 2.19 bits per heavy atom. The van der Waals surface area contributed by atoms with E-state index in [1.54, 1.807) is 13.8 Å². The molecule has 10 heteroatoms. The summed E-state index contributed by atoms with van der Waals surface area (Å²) in [6, 6.07) is 8.23. The minimum atomic E-state index is -4.54. The molecule has 1 saturated heterocycles. The molecule has 1 aliphatic rings. The predicted octanol–water partition coefficient (Wildman–Crippen LogP) is 4.24. The van der Waals surface area contributed by atoms with Crippen molar-refractivity contribution < 1.29 is 26.4 Å². The quantitative estimate of drug-likeness (QED) is 0.683. The number of alkyl halides is 3. The van der Waals surface area contributed by atoms with Crippen molar-refractivity contribution in [2.24, 2.45) is 0 Å². The van der Waals surface area contributed by atoms with Crippen LogP contribution in [0.2, 0.25) is 0 Å². The van der Waals surface area contributed by atoms with Gasteiger partial charge in [0.1, 0.15) is 0 Å². The van der Waals surface area contributed by atoms with Crippen molar-refractivity contribution in [2.45, 2.75) is 43.8 Å². The number of nitrogens with zero attached hydrogens (tertiary/aromatic N) is 1. The largest absolute Gasteiger partial charge is 0.416 e. The van der Waals surface area contributed by atoms with Crippen LogP contribution in [0.15, 0.2) is 47.4 Å². The van der Waals surface area contributed by atoms with Gasteiger partial charge in [-0.1, -0.05) is 0 Å². The van der Waals surface area contributed by atoms with Gasteiger partial charge in [0, 0.05) is 24.7 Å². The molecule has 0 radical (unpaired) electrons. The van der Waals surface area contributed by atoms with Gasteiger partial charge in [-0.25, -0.2) is 13.1 Å². The SMILES string of the molecule is CC(C)NS(=O)(=O)c1ccc(C(=O)Nc2cc(C(F)(F)F)ccc2N2CCCC2)cc1. The fraction of sp³-hybridized carbons (Fsp3) is 0.381. The molecule has 31 heavy (non-hydrogen) atoms. The highest BCUT2D eigenvalue weighted by molar-refractivity contribution is 7.89. The van der Waals surface area contributed by atoms with Crippen molar-refractivity contribution >= 4 is 27.3 Å². The molecule has 3 rings (SSSR count). The third kappa shape index (κ3) is 5.56. The third-order valence-corrected chi connectivity index (χ3v) is 6.51. The number of nitrogens with one attached hydrogen (secondary N) is 2. The molecule has 0 spiro atoms. The number of rotatable bonds is 6. The number of amides is 1. The van der Waals surface area contributed by atoms with Crippen LogP contribution in [-0.2, 0) is 16.2 Å². The summed E-state index contributed by atoms with van der Waals surface area (Å²) in [7, 11) is -3.71. The lowest BCUT2D eigenvalue weighted by Gasteiger charge is -2.23. The lowest BCUT2D eigenvalue weighted by Crippen LogP contribution is -2.30. The Kier molecular flexibility index (Phi) is 6.61. The number of hydrogen-bond donors (Lipinski definition) is 2. The first-order valence-corrected chi connectivity index (χ1v) is 11.4. The van der Waals surface area contributed by atoms with Crippen LogP contribution in [0.4, 0.5) is 24.5 Å². The van der Waals surface area contributed by atoms with Crippen LogP contribution in [0.1, 0.15) is 42.6 Å². The number of hydrogen-bond acceptors (Lipinski definition) is 4. The number of carbonyl (C=O) groups is 1. The van der Waals surface area contributed by atoms with Gasteiger partial charge in [0.15, 0.2) is 0 Å². The van der Waals surface area contributed by atoms with Crippen LogP contribution in [0.5, 0.6) is 0 Å².